The highest BCUT2D eigenvalue weighted by atomic mass is 16.7. The number of rotatable bonds is 62. The van der Waals surface area contributed by atoms with Gasteiger partial charge in [-0.3, -0.25) is 9.59 Å². The van der Waals surface area contributed by atoms with Crippen LogP contribution in [0.15, 0.2) is 60.8 Å². The van der Waals surface area contributed by atoms with E-state index >= 15 is 0 Å². The predicted molar refractivity (Wildman–Crippen MR) is 336 cm³/mol. The number of carbonyl (C=O) groups is 3. The number of carboxylic acids is 1. The molecule has 1 N–H and O–H groups in total. The number of esters is 2. The number of unbranched alkanes of at least 4 members (excludes halogenated alkanes) is 37. The minimum atomic E-state index is -1.52. The van der Waals surface area contributed by atoms with Gasteiger partial charge >= 0.3 is 17.9 Å². The summed E-state index contributed by atoms with van der Waals surface area (Å²) in [6.07, 6.45) is 76.3. The number of aliphatic carboxylic acids is 1. The number of allylic oxidation sites excluding steroid dienone is 10. The molecule has 0 radical (unpaired) electrons. The first-order chi connectivity index (χ1) is 38.6. The maximum absolute atomic E-state index is 12.9. The molecule has 0 saturated carbocycles. The summed E-state index contributed by atoms with van der Waals surface area (Å²) in [6.45, 7) is 4.78. The van der Waals surface area contributed by atoms with E-state index in [0.29, 0.717) is 23.9 Å². The van der Waals surface area contributed by atoms with Crippen molar-refractivity contribution < 1.29 is 42.9 Å². The average molecular weight is 1110 g/mol. The van der Waals surface area contributed by atoms with Gasteiger partial charge in [0.15, 0.2) is 6.10 Å². The van der Waals surface area contributed by atoms with Crippen LogP contribution in [0, 0.1) is 0 Å². The topological polar surface area (TPSA) is 108 Å². The Bertz CT molecular complexity index is 1480. The lowest BCUT2D eigenvalue weighted by Gasteiger charge is -2.25. The van der Waals surface area contributed by atoms with E-state index in [9.17, 15) is 19.5 Å². The standard InChI is InChI=1S/C70H127NO8/c1-6-8-10-12-14-16-18-20-22-24-26-28-29-30-31-32-33-34-35-36-37-38-39-41-42-44-46-48-50-52-54-56-58-60-67(72)77-64-66(65-78-70(69(74)75)76-63-62-71(3,4)5)79-68(73)61-59-57-55-53-51-49-47-45-43-40-27-25-23-21-19-17-15-13-11-9-7-2/h9,11,15,17,21,23,27,40,45,47,66,70H,6-8,10,12-14,16,18-20,22,24-26,28-39,41-44,46,48-65H2,1-5H3/p+1/b11-9-,17-15-,23-21-,40-27-,47-45-. The lowest BCUT2D eigenvalue weighted by Crippen LogP contribution is -2.40. The molecular weight excluding hydrogens is 983 g/mol. The maximum atomic E-state index is 12.9. The molecule has 0 aliphatic heterocycles. The fourth-order valence-corrected chi connectivity index (χ4v) is 9.69. The summed E-state index contributed by atoms with van der Waals surface area (Å²) in [4.78, 5) is 37.5. The lowest BCUT2D eigenvalue weighted by atomic mass is 10.0. The van der Waals surface area contributed by atoms with E-state index in [-0.39, 0.29) is 32.2 Å². The minimum Gasteiger partial charge on any atom is -0.477 e. The highest BCUT2D eigenvalue weighted by Gasteiger charge is 2.25. The van der Waals surface area contributed by atoms with Crippen LogP contribution < -0.4 is 0 Å². The van der Waals surface area contributed by atoms with Crippen LogP contribution in [0.3, 0.4) is 0 Å². The molecule has 79 heavy (non-hydrogen) atoms. The van der Waals surface area contributed by atoms with Gasteiger partial charge in [-0.15, -0.1) is 0 Å². The van der Waals surface area contributed by atoms with Crippen molar-refractivity contribution in [3.63, 3.8) is 0 Å². The van der Waals surface area contributed by atoms with E-state index in [1.54, 1.807) is 0 Å². The van der Waals surface area contributed by atoms with Crippen LogP contribution in [-0.4, -0.2) is 87.4 Å². The zero-order valence-electron chi connectivity index (χ0n) is 52.5. The quantitative estimate of drug-likeness (QED) is 0.0211. The smallest absolute Gasteiger partial charge is 0.361 e. The van der Waals surface area contributed by atoms with Crippen LogP contribution in [0.25, 0.3) is 0 Å². The van der Waals surface area contributed by atoms with Gasteiger partial charge in [0.05, 0.1) is 34.4 Å². The molecule has 0 aromatic rings. The Kier molecular flexibility index (Phi) is 58.7. The summed E-state index contributed by atoms with van der Waals surface area (Å²) in [6, 6.07) is 0. The van der Waals surface area contributed by atoms with Gasteiger partial charge in [-0.05, 0) is 57.8 Å². The molecule has 0 saturated heterocycles. The number of ether oxygens (including phenoxy) is 4. The maximum Gasteiger partial charge on any atom is 0.361 e. The number of carbonyl (C=O) groups excluding carboxylic acids is 2. The first-order valence-corrected chi connectivity index (χ1v) is 33.5. The van der Waals surface area contributed by atoms with Gasteiger partial charge in [0.25, 0.3) is 6.29 Å². The van der Waals surface area contributed by atoms with Crippen LogP contribution in [0.1, 0.15) is 309 Å². The summed E-state index contributed by atoms with van der Waals surface area (Å²) < 4.78 is 22.9. The lowest BCUT2D eigenvalue weighted by molar-refractivity contribution is -0.870. The van der Waals surface area contributed by atoms with Gasteiger partial charge in [0.2, 0.25) is 0 Å². The number of carboxylic acid groups (broad SMARTS) is 1. The Hall–Kier alpha value is -3.01. The second kappa shape index (κ2) is 61.1. The molecule has 0 aliphatic carbocycles. The van der Waals surface area contributed by atoms with Gasteiger partial charge in [0.1, 0.15) is 13.2 Å². The summed E-state index contributed by atoms with van der Waals surface area (Å²) >= 11 is 0. The molecule has 0 aromatic heterocycles. The molecule has 9 heteroatoms. The number of quaternary nitrogens is 1. The SMILES string of the molecule is CC/C=C\C/C=C\C/C=C\C/C=C\C/C=C\CCCCCCCC(=O)OC(COC(=O)CCCCCCCCCCCCCCCCCCCCCCCCCCCCCCCCCCC)COC(OCC[N+](C)(C)C)C(=O)O. The molecule has 2 unspecified atom stereocenters. The molecule has 9 nitrogen and oxygen atoms in total. The Morgan fingerprint density at radius 1 is 0.392 bits per heavy atom. The molecule has 0 bridgehead atoms. The van der Waals surface area contributed by atoms with E-state index in [4.69, 9.17) is 18.9 Å². The van der Waals surface area contributed by atoms with Crippen LogP contribution in [-0.2, 0) is 33.3 Å². The molecule has 460 valence electrons. The number of hydrogen-bond donors (Lipinski definition) is 1. The third kappa shape index (κ3) is 62.4. The summed E-state index contributed by atoms with van der Waals surface area (Å²) in [5.74, 6) is -2.02. The number of hydrogen-bond acceptors (Lipinski definition) is 7. The van der Waals surface area contributed by atoms with Crippen molar-refractivity contribution in [3.8, 4) is 0 Å². The fraction of sp³-hybridized carbons (Fsp3) is 0.814. The Morgan fingerprint density at radius 2 is 0.722 bits per heavy atom. The largest absolute Gasteiger partial charge is 0.477 e. The third-order valence-electron chi connectivity index (χ3n) is 14.8. The molecule has 0 amide bonds. The zero-order chi connectivity index (χ0) is 57.6. The number of nitrogens with zero attached hydrogens (tertiary/aromatic N) is 1. The van der Waals surface area contributed by atoms with Crippen LogP contribution in [0.5, 0.6) is 0 Å². The van der Waals surface area contributed by atoms with Gasteiger partial charge in [-0.25, -0.2) is 4.79 Å². The van der Waals surface area contributed by atoms with Crippen molar-refractivity contribution >= 4 is 17.9 Å². The fourth-order valence-electron chi connectivity index (χ4n) is 9.69. The van der Waals surface area contributed by atoms with Crippen LogP contribution in [0.2, 0.25) is 0 Å². The van der Waals surface area contributed by atoms with Crippen molar-refractivity contribution in [1.29, 1.82) is 0 Å². The van der Waals surface area contributed by atoms with Gasteiger partial charge < -0.3 is 28.5 Å². The number of likely N-dealkylation sites (N-methyl/N-ethyl adjacent to an activating group) is 1. The Labute approximate surface area is 488 Å². The van der Waals surface area contributed by atoms with E-state index < -0.39 is 24.3 Å². The second-order valence-corrected chi connectivity index (χ2v) is 23.8. The molecule has 0 fully saturated rings. The second-order valence-electron chi connectivity index (χ2n) is 23.8. The van der Waals surface area contributed by atoms with Crippen LogP contribution >= 0.6 is 0 Å². The van der Waals surface area contributed by atoms with Crippen LogP contribution in [0.4, 0.5) is 0 Å². The van der Waals surface area contributed by atoms with Gasteiger partial charge in [-0.2, -0.15) is 0 Å². The highest BCUT2D eigenvalue weighted by molar-refractivity contribution is 5.71. The normalized spacial score (nSPS) is 13.1. The predicted octanol–water partition coefficient (Wildman–Crippen LogP) is 20.4. The highest BCUT2D eigenvalue weighted by Crippen LogP contribution is 2.18. The van der Waals surface area contributed by atoms with E-state index in [1.165, 1.54) is 193 Å². The summed E-state index contributed by atoms with van der Waals surface area (Å²) in [5.41, 5.74) is 0. The molecular formula is C70H128NO8+. The summed E-state index contributed by atoms with van der Waals surface area (Å²) in [5, 5.41) is 9.72. The molecule has 0 rings (SSSR count). The van der Waals surface area contributed by atoms with E-state index in [1.807, 2.05) is 21.1 Å². The average Bonchev–Trinajstić information content (AvgIpc) is 3.42. The van der Waals surface area contributed by atoms with Gasteiger partial charge in [0, 0.05) is 12.8 Å². The van der Waals surface area contributed by atoms with Crippen molar-refractivity contribution in [2.45, 2.75) is 322 Å². The van der Waals surface area contributed by atoms with Crippen molar-refractivity contribution in [2.75, 3.05) is 47.5 Å². The molecule has 0 aliphatic rings. The van der Waals surface area contributed by atoms with Crippen molar-refractivity contribution in [2.24, 2.45) is 0 Å². The minimum absolute atomic E-state index is 0.183. The first-order valence-electron chi connectivity index (χ1n) is 33.5. The van der Waals surface area contributed by atoms with Gasteiger partial charge in [-0.1, -0.05) is 299 Å². The zero-order valence-corrected chi connectivity index (χ0v) is 52.5. The molecule has 0 heterocycles. The van der Waals surface area contributed by atoms with Crippen molar-refractivity contribution in [3.05, 3.63) is 60.8 Å². The Morgan fingerprint density at radius 3 is 1.08 bits per heavy atom. The third-order valence-corrected chi connectivity index (χ3v) is 14.8. The summed E-state index contributed by atoms with van der Waals surface area (Å²) in [7, 11) is 5.97. The Balaban J connectivity index is 4.08. The monoisotopic (exact) mass is 1110 g/mol. The molecule has 0 spiro atoms. The molecule has 0 aromatic carbocycles. The van der Waals surface area contributed by atoms with Crippen molar-refractivity contribution in [1.82, 2.24) is 0 Å². The molecule has 2 atom stereocenters. The van der Waals surface area contributed by atoms with E-state index in [0.717, 1.165) is 83.5 Å². The first kappa shape index (κ1) is 76.0. The van der Waals surface area contributed by atoms with E-state index in [2.05, 4.69) is 74.6 Å².